The molecule has 0 aromatic heterocycles. The molecule has 1 unspecified atom stereocenters. The summed E-state index contributed by atoms with van der Waals surface area (Å²) in [4.78, 5) is 16.7. The number of hydrogen-bond acceptors (Lipinski definition) is 3. The van der Waals surface area contributed by atoms with Crippen molar-refractivity contribution in [2.75, 3.05) is 32.4 Å². The molecule has 1 fully saturated rings. The van der Waals surface area contributed by atoms with E-state index in [-0.39, 0.29) is 11.9 Å². The van der Waals surface area contributed by atoms with E-state index in [1.165, 1.54) is 0 Å². The molecule has 1 amide bonds. The summed E-state index contributed by atoms with van der Waals surface area (Å²) in [6.07, 6.45) is 0. The second-order valence-corrected chi connectivity index (χ2v) is 5.20. The highest BCUT2D eigenvalue weighted by Gasteiger charge is 2.27. The summed E-state index contributed by atoms with van der Waals surface area (Å²) in [7, 11) is 2.08. The van der Waals surface area contributed by atoms with Gasteiger partial charge < -0.3 is 15.5 Å². The highest BCUT2D eigenvalue weighted by molar-refractivity contribution is 5.99. The lowest BCUT2D eigenvalue weighted by atomic mass is 10.1. The number of carbonyl (C=O) groups is 1. The SMILES string of the molecule is Cc1ccc(N)c(C(=O)N2CCN(C)CC2C)c1. The number of rotatable bonds is 1. The second-order valence-electron chi connectivity index (χ2n) is 5.20. The quantitative estimate of drug-likeness (QED) is 0.762. The lowest BCUT2D eigenvalue weighted by Gasteiger charge is -2.38. The average molecular weight is 247 g/mol. The van der Waals surface area contributed by atoms with E-state index in [1.807, 2.05) is 30.0 Å². The maximum Gasteiger partial charge on any atom is 0.256 e. The van der Waals surface area contributed by atoms with Crippen LogP contribution >= 0.6 is 0 Å². The molecule has 0 aliphatic carbocycles. The molecule has 18 heavy (non-hydrogen) atoms. The fourth-order valence-corrected chi connectivity index (χ4v) is 2.45. The Morgan fingerprint density at radius 3 is 2.78 bits per heavy atom. The first-order valence-corrected chi connectivity index (χ1v) is 6.34. The molecule has 1 aliphatic heterocycles. The molecule has 4 heteroatoms. The summed E-state index contributed by atoms with van der Waals surface area (Å²) >= 11 is 0. The lowest BCUT2D eigenvalue weighted by Crippen LogP contribution is -2.52. The lowest BCUT2D eigenvalue weighted by molar-refractivity contribution is 0.0534. The molecular weight excluding hydrogens is 226 g/mol. The fraction of sp³-hybridized carbons (Fsp3) is 0.500. The van der Waals surface area contributed by atoms with Crippen LogP contribution in [0, 0.1) is 6.92 Å². The van der Waals surface area contributed by atoms with Gasteiger partial charge in [-0.25, -0.2) is 0 Å². The molecular formula is C14H21N3O. The topological polar surface area (TPSA) is 49.6 Å². The smallest absolute Gasteiger partial charge is 0.256 e. The van der Waals surface area contributed by atoms with Crippen molar-refractivity contribution in [2.24, 2.45) is 0 Å². The number of likely N-dealkylation sites (N-methyl/N-ethyl adjacent to an activating group) is 1. The first-order chi connectivity index (χ1) is 8.49. The molecule has 98 valence electrons. The molecule has 2 N–H and O–H groups in total. The van der Waals surface area contributed by atoms with Gasteiger partial charge in [-0.05, 0) is 33.0 Å². The van der Waals surface area contributed by atoms with Gasteiger partial charge in [0.25, 0.3) is 5.91 Å². The van der Waals surface area contributed by atoms with Gasteiger partial charge >= 0.3 is 0 Å². The maximum atomic E-state index is 12.5. The van der Waals surface area contributed by atoms with Crippen molar-refractivity contribution in [3.63, 3.8) is 0 Å². The first-order valence-electron chi connectivity index (χ1n) is 6.34. The van der Waals surface area contributed by atoms with Gasteiger partial charge in [-0.15, -0.1) is 0 Å². The predicted molar refractivity (Wildman–Crippen MR) is 73.6 cm³/mol. The van der Waals surface area contributed by atoms with E-state index in [0.29, 0.717) is 11.3 Å². The van der Waals surface area contributed by atoms with Gasteiger partial charge in [-0.3, -0.25) is 4.79 Å². The monoisotopic (exact) mass is 247 g/mol. The highest BCUT2D eigenvalue weighted by Crippen LogP contribution is 2.19. The fourth-order valence-electron chi connectivity index (χ4n) is 2.45. The predicted octanol–water partition coefficient (Wildman–Crippen LogP) is 1.35. The Kier molecular flexibility index (Phi) is 3.57. The van der Waals surface area contributed by atoms with Crippen LogP contribution in [0.3, 0.4) is 0 Å². The molecule has 1 aromatic carbocycles. The van der Waals surface area contributed by atoms with Crippen molar-refractivity contribution in [1.82, 2.24) is 9.80 Å². The van der Waals surface area contributed by atoms with E-state index in [4.69, 9.17) is 5.73 Å². The molecule has 0 saturated carbocycles. The third-order valence-corrected chi connectivity index (χ3v) is 3.53. The Labute approximate surface area is 108 Å². The third-order valence-electron chi connectivity index (χ3n) is 3.53. The minimum atomic E-state index is 0.0526. The van der Waals surface area contributed by atoms with Crippen molar-refractivity contribution in [3.8, 4) is 0 Å². The van der Waals surface area contributed by atoms with Crippen molar-refractivity contribution < 1.29 is 4.79 Å². The number of benzene rings is 1. The van der Waals surface area contributed by atoms with Crippen molar-refractivity contribution >= 4 is 11.6 Å². The van der Waals surface area contributed by atoms with Gasteiger partial charge in [0.1, 0.15) is 0 Å². The molecule has 2 rings (SSSR count). The third kappa shape index (κ3) is 2.48. The van der Waals surface area contributed by atoms with Gasteiger partial charge in [-0.2, -0.15) is 0 Å². The summed E-state index contributed by atoms with van der Waals surface area (Å²) in [5.74, 6) is 0.0526. The van der Waals surface area contributed by atoms with Crippen LogP contribution in [0.15, 0.2) is 18.2 Å². The zero-order chi connectivity index (χ0) is 13.3. The van der Waals surface area contributed by atoms with E-state index >= 15 is 0 Å². The van der Waals surface area contributed by atoms with Crippen LogP contribution in [-0.4, -0.2) is 48.4 Å². The molecule has 1 heterocycles. The van der Waals surface area contributed by atoms with Gasteiger partial charge in [0, 0.05) is 31.4 Å². The van der Waals surface area contributed by atoms with E-state index in [9.17, 15) is 4.79 Å². The molecule has 1 saturated heterocycles. The summed E-state index contributed by atoms with van der Waals surface area (Å²) < 4.78 is 0. The van der Waals surface area contributed by atoms with Gasteiger partial charge in [0.15, 0.2) is 0 Å². The standard InChI is InChI=1S/C14H21N3O/c1-10-4-5-13(15)12(8-10)14(18)17-7-6-16(3)9-11(17)2/h4-5,8,11H,6-7,9,15H2,1-3H3. The normalized spacial score (nSPS) is 21.1. The minimum absolute atomic E-state index is 0.0526. The second kappa shape index (κ2) is 4.98. The molecule has 1 aromatic rings. The van der Waals surface area contributed by atoms with Crippen LogP contribution in [0.25, 0.3) is 0 Å². The van der Waals surface area contributed by atoms with Gasteiger partial charge in [-0.1, -0.05) is 11.6 Å². The van der Waals surface area contributed by atoms with E-state index in [2.05, 4.69) is 18.9 Å². The largest absolute Gasteiger partial charge is 0.398 e. The summed E-state index contributed by atoms with van der Waals surface area (Å²) in [5, 5.41) is 0. The van der Waals surface area contributed by atoms with Gasteiger partial charge in [0.2, 0.25) is 0 Å². The zero-order valence-corrected chi connectivity index (χ0v) is 11.3. The van der Waals surface area contributed by atoms with Crippen molar-refractivity contribution in [3.05, 3.63) is 29.3 Å². The number of carbonyl (C=O) groups excluding carboxylic acids is 1. The zero-order valence-electron chi connectivity index (χ0n) is 11.3. The summed E-state index contributed by atoms with van der Waals surface area (Å²) in [6.45, 7) is 6.66. The van der Waals surface area contributed by atoms with Crippen LogP contribution in [0.1, 0.15) is 22.8 Å². The Morgan fingerprint density at radius 1 is 1.39 bits per heavy atom. The maximum absolute atomic E-state index is 12.5. The van der Waals surface area contributed by atoms with Crippen LogP contribution in [0.5, 0.6) is 0 Å². The van der Waals surface area contributed by atoms with Crippen LogP contribution in [-0.2, 0) is 0 Å². The Morgan fingerprint density at radius 2 is 2.11 bits per heavy atom. The van der Waals surface area contributed by atoms with E-state index in [0.717, 1.165) is 25.2 Å². The van der Waals surface area contributed by atoms with Crippen molar-refractivity contribution in [1.29, 1.82) is 0 Å². The van der Waals surface area contributed by atoms with Crippen LogP contribution in [0.4, 0.5) is 5.69 Å². The number of aryl methyl sites for hydroxylation is 1. The van der Waals surface area contributed by atoms with Crippen molar-refractivity contribution in [2.45, 2.75) is 19.9 Å². The highest BCUT2D eigenvalue weighted by atomic mass is 16.2. The molecule has 4 nitrogen and oxygen atoms in total. The molecule has 0 radical (unpaired) electrons. The number of nitrogens with two attached hydrogens (primary N) is 1. The number of nitrogen functional groups attached to an aromatic ring is 1. The van der Waals surface area contributed by atoms with E-state index in [1.54, 1.807) is 0 Å². The van der Waals surface area contributed by atoms with Gasteiger partial charge in [0.05, 0.1) is 5.56 Å². The Bertz CT molecular complexity index is 458. The number of hydrogen-bond donors (Lipinski definition) is 1. The molecule has 0 bridgehead atoms. The van der Waals surface area contributed by atoms with Crippen LogP contribution in [0.2, 0.25) is 0 Å². The molecule has 1 aliphatic rings. The Hall–Kier alpha value is -1.55. The molecule has 1 atom stereocenters. The number of nitrogens with zero attached hydrogens (tertiary/aromatic N) is 2. The van der Waals surface area contributed by atoms with Crippen LogP contribution < -0.4 is 5.73 Å². The number of amides is 1. The minimum Gasteiger partial charge on any atom is -0.398 e. The average Bonchev–Trinajstić information content (AvgIpc) is 2.31. The molecule has 0 spiro atoms. The first kappa shape index (κ1) is 12.9. The number of anilines is 1. The van der Waals surface area contributed by atoms with E-state index < -0.39 is 0 Å². The summed E-state index contributed by atoms with van der Waals surface area (Å²) in [6, 6.07) is 5.85. The Balaban J connectivity index is 2.23. The number of piperazine rings is 1. The summed E-state index contributed by atoms with van der Waals surface area (Å²) in [5.41, 5.74) is 8.17.